The van der Waals surface area contributed by atoms with E-state index in [1.54, 1.807) is 36.4 Å². The van der Waals surface area contributed by atoms with E-state index in [1.165, 1.54) is 23.9 Å². The van der Waals surface area contributed by atoms with Crippen molar-refractivity contribution in [2.75, 3.05) is 16.4 Å². The van der Waals surface area contributed by atoms with Crippen LogP contribution in [0.2, 0.25) is 0 Å². The largest absolute Gasteiger partial charge is 0.326 e. The van der Waals surface area contributed by atoms with Crippen LogP contribution in [-0.2, 0) is 9.59 Å². The normalized spacial score (nSPS) is 13.4. The molecular formula is C18H17FN2O2S. The lowest BCUT2D eigenvalue weighted by Gasteiger charge is -2.08. The van der Waals surface area contributed by atoms with Crippen LogP contribution in [0.15, 0.2) is 53.4 Å². The van der Waals surface area contributed by atoms with E-state index in [0.717, 1.165) is 23.4 Å². The van der Waals surface area contributed by atoms with E-state index in [1.807, 2.05) is 0 Å². The second-order valence-electron chi connectivity index (χ2n) is 5.63. The van der Waals surface area contributed by atoms with Crippen molar-refractivity contribution in [3.05, 3.63) is 54.3 Å². The number of carbonyl (C=O) groups excluding carboxylic acids is 2. The van der Waals surface area contributed by atoms with Crippen molar-refractivity contribution in [2.45, 2.75) is 17.7 Å². The molecule has 2 aromatic carbocycles. The number of thioether (sulfide) groups is 1. The van der Waals surface area contributed by atoms with Gasteiger partial charge in [-0.05, 0) is 61.4 Å². The predicted molar refractivity (Wildman–Crippen MR) is 93.5 cm³/mol. The Hall–Kier alpha value is -2.34. The highest BCUT2D eigenvalue weighted by Crippen LogP contribution is 2.30. The minimum Gasteiger partial charge on any atom is -0.326 e. The van der Waals surface area contributed by atoms with Gasteiger partial charge in [0.2, 0.25) is 11.8 Å². The van der Waals surface area contributed by atoms with Gasteiger partial charge in [0.05, 0.1) is 5.75 Å². The van der Waals surface area contributed by atoms with Gasteiger partial charge in [-0.2, -0.15) is 0 Å². The highest BCUT2D eigenvalue weighted by atomic mass is 32.2. The minimum atomic E-state index is -0.294. The summed E-state index contributed by atoms with van der Waals surface area (Å²) in [6, 6.07) is 13.1. The molecule has 0 atom stereocenters. The molecule has 0 aliphatic heterocycles. The highest BCUT2D eigenvalue weighted by Gasteiger charge is 2.29. The number of rotatable bonds is 6. The van der Waals surface area contributed by atoms with Crippen molar-refractivity contribution in [2.24, 2.45) is 5.92 Å². The van der Waals surface area contributed by atoms with Gasteiger partial charge in [0.25, 0.3) is 0 Å². The Morgan fingerprint density at radius 2 is 1.54 bits per heavy atom. The first kappa shape index (κ1) is 16.5. The van der Waals surface area contributed by atoms with Crippen molar-refractivity contribution in [1.29, 1.82) is 0 Å². The fraction of sp³-hybridized carbons (Fsp3) is 0.222. The third-order valence-corrected chi connectivity index (χ3v) is 4.58. The molecule has 1 saturated carbocycles. The Labute approximate surface area is 143 Å². The first-order valence-electron chi connectivity index (χ1n) is 7.69. The summed E-state index contributed by atoms with van der Waals surface area (Å²) in [7, 11) is 0. The summed E-state index contributed by atoms with van der Waals surface area (Å²) in [5, 5.41) is 5.64. The summed E-state index contributed by atoms with van der Waals surface area (Å²) in [6.07, 6.45) is 1.93. The Kier molecular flexibility index (Phi) is 5.15. The fourth-order valence-corrected chi connectivity index (χ4v) is 2.80. The molecule has 0 spiro atoms. The van der Waals surface area contributed by atoms with E-state index in [9.17, 15) is 14.0 Å². The zero-order chi connectivity index (χ0) is 16.9. The maximum Gasteiger partial charge on any atom is 0.234 e. The SMILES string of the molecule is O=C(CSc1ccc(F)cc1)Nc1ccc(NC(=O)C2CC2)cc1. The van der Waals surface area contributed by atoms with E-state index in [0.29, 0.717) is 5.69 Å². The molecule has 2 amide bonds. The number of hydrogen-bond acceptors (Lipinski definition) is 3. The molecule has 0 bridgehead atoms. The van der Waals surface area contributed by atoms with Gasteiger partial charge in [-0.1, -0.05) is 0 Å². The Balaban J connectivity index is 1.47. The number of hydrogen-bond donors (Lipinski definition) is 2. The molecule has 3 rings (SSSR count). The van der Waals surface area contributed by atoms with Gasteiger partial charge in [-0.25, -0.2) is 4.39 Å². The Morgan fingerprint density at radius 3 is 2.12 bits per heavy atom. The third kappa shape index (κ3) is 4.83. The van der Waals surface area contributed by atoms with Gasteiger partial charge in [-0.15, -0.1) is 11.8 Å². The van der Waals surface area contributed by atoms with Crippen molar-refractivity contribution in [3.8, 4) is 0 Å². The second kappa shape index (κ2) is 7.49. The fourth-order valence-electron chi connectivity index (χ4n) is 2.10. The van der Waals surface area contributed by atoms with Crippen molar-refractivity contribution in [3.63, 3.8) is 0 Å². The zero-order valence-electron chi connectivity index (χ0n) is 12.9. The molecule has 6 heteroatoms. The van der Waals surface area contributed by atoms with Gasteiger partial charge >= 0.3 is 0 Å². The number of anilines is 2. The Morgan fingerprint density at radius 1 is 0.958 bits per heavy atom. The molecule has 4 nitrogen and oxygen atoms in total. The van der Waals surface area contributed by atoms with Crippen LogP contribution in [0.25, 0.3) is 0 Å². The number of benzene rings is 2. The average Bonchev–Trinajstić information content (AvgIpc) is 3.41. The van der Waals surface area contributed by atoms with Crippen LogP contribution >= 0.6 is 11.8 Å². The lowest BCUT2D eigenvalue weighted by Crippen LogP contribution is -2.15. The van der Waals surface area contributed by atoms with Gasteiger partial charge in [0.1, 0.15) is 5.82 Å². The first-order chi connectivity index (χ1) is 11.6. The number of halogens is 1. The molecule has 24 heavy (non-hydrogen) atoms. The van der Waals surface area contributed by atoms with E-state index in [-0.39, 0.29) is 29.3 Å². The van der Waals surface area contributed by atoms with Crippen LogP contribution in [0, 0.1) is 11.7 Å². The minimum absolute atomic E-state index is 0.0579. The van der Waals surface area contributed by atoms with Crippen LogP contribution < -0.4 is 10.6 Å². The Bertz CT molecular complexity index is 728. The predicted octanol–water partition coefficient (Wildman–Crippen LogP) is 3.91. The summed E-state index contributed by atoms with van der Waals surface area (Å²) in [5.74, 6) is 0.0262. The average molecular weight is 344 g/mol. The van der Waals surface area contributed by atoms with Crippen LogP contribution in [0.3, 0.4) is 0 Å². The molecule has 0 radical (unpaired) electrons. The molecule has 0 aromatic heterocycles. The summed E-state index contributed by atoms with van der Waals surface area (Å²) >= 11 is 1.34. The lowest BCUT2D eigenvalue weighted by atomic mass is 10.2. The van der Waals surface area contributed by atoms with Gasteiger partial charge < -0.3 is 10.6 Å². The molecule has 1 aliphatic carbocycles. The maximum atomic E-state index is 12.8. The van der Waals surface area contributed by atoms with E-state index < -0.39 is 0 Å². The lowest BCUT2D eigenvalue weighted by molar-refractivity contribution is -0.117. The monoisotopic (exact) mass is 344 g/mol. The van der Waals surface area contributed by atoms with Crippen molar-refractivity contribution >= 4 is 35.0 Å². The molecule has 1 aliphatic rings. The molecule has 2 aromatic rings. The van der Waals surface area contributed by atoms with Crippen LogP contribution in [0.4, 0.5) is 15.8 Å². The molecular weight excluding hydrogens is 327 g/mol. The van der Waals surface area contributed by atoms with Gasteiger partial charge in [0.15, 0.2) is 0 Å². The quantitative estimate of drug-likeness (QED) is 0.781. The summed E-state index contributed by atoms with van der Waals surface area (Å²) in [6.45, 7) is 0. The molecule has 2 N–H and O–H groups in total. The zero-order valence-corrected chi connectivity index (χ0v) is 13.7. The van der Waals surface area contributed by atoms with Crippen LogP contribution in [0.1, 0.15) is 12.8 Å². The number of carbonyl (C=O) groups is 2. The van der Waals surface area contributed by atoms with Crippen molar-refractivity contribution < 1.29 is 14.0 Å². The van der Waals surface area contributed by atoms with Crippen LogP contribution in [0.5, 0.6) is 0 Å². The number of nitrogens with one attached hydrogen (secondary N) is 2. The number of amides is 2. The second-order valence-corrected chi connectivity index (χ2v) is 6.68. The summed E-state index contributed by atoms with van der Waals surface area (Å²) in [5.41, 5.74) is 1.40. The van der Waals surface area contributed by atoms with Gasteiger partial charge in [-0.3, -0.25) is 9.59 Å². The highest BCUT2D eigenvalue weighted by molar-refractivity contribution is 8.00. The molecule has 0 unspecified atom stereocenters. The van der Waals surface area contributed by atoms with Crippen LogP contribution in [-0.4, -0.2) is 17.6 Å². The summed E-state index contributed by atoms with van der Waals surface area (Å²) < 4.78 is 12.8. The third-order valence-electron chi connectivity index (χ3n) is 3.57. The molecule has 1 fully saturated rings. The molecule has 0 heterocycles. The smallest absolute Gasteiger partial charge is 0.234 e. The maximum absolute atomic E-state index is 12.8. The first-order valence-corrected chi connectivity index (χ1v) is 8.68. The summed E-state index contributed by atoms with van der Waals surface area (Å²) in [4.78, 5) is 24.4. The van der Waals surface area contributed by atoms with E-state index >= 15 is 0 Å². The molecule has 0 saturated heterocycles. The molecule has 124 valence electrons. The van der Waals surface area contributed by atoms with Crippen molar-refractivity contribution in [1.82, 2.24) is 0 Å². The standard InChI is InChI=1S/C18H17FN2O2S/c19-13-3-9-16(10-4-13)24-11-17(22)20-14-5-7-15(8-6-14)21-18(23)12-1-2-12/h3-10,12H,1-2,11H2,(H,20,22)(H,21,23). The topological polar surface area (TPSA) is 58.2 Å². The van der Waals surface area contributed by atoms with E-state index in [4.69, 9.17) is 0 Å². The van der Waals surface area contributed by atoms with Gasteiger partial charge in [0, 0.05) is 22.2 Å². The van der Waals surface area contributed by atoms with E-state index in [2.05, 4.69) is 10.6 Å².